The van der Waals surface area contributed by atoms with Gasteiger partial charge in [0.1, 0.15) is 11.6 Å². The van der Waals surface area contributed by atoms with E-state index in [4.69, 9.17) is 0 Å². The number of anilines is 1. The summed E-state index contributed by atoms with van der Waals surface area (Å²) in [5.74, 6) is -1.73. The second-order valence-electron chi connectivity index (χ2n) is 5.92. The monoisotopic (exact) mass is 408 g/mol. The van der Waals surface area contributed by atoms with Crippen LogP contribution in [0.25, 0.3) is 6.08 Å². The molecule has 1 heterocycles. The van der Waals surface area contributed by atoms with E-state index in [0.717, 1.165) is 0 Å². The number of sulfone groups is 1. The van der Waals surface area contributed by atoms with Crippen molar-refractivity contribution in [3.63, 3.8) is 0 Å². The molecule has 9 nitrogen and oxygen atoms in total. The van der Waals surface area contributed by atoms with Gasteiger partial charge in [-0.2, -0.15) is 5.26 Å². The number of aromatic hydroxyl groups is 2. The maximum atomic E-state index is 12.2. The predicted octanol–water partition coefficient (Wildman–Crippen LogP) is 1.92. The Morgan fingerprint density at radius 3 is 2.63 bits per heavy atom. The smallest absolute Gasteiger partial charge is 0.268 e. The van der Waals surface area contributed by atoms with Gasteiger partial charge in [0.2, 0.25) is 19.3 Å². The van der Waals surface area contributed by atoms with Crippen LogP contribution in [-0.2, 0) is 14.6 Å². The Balaban J connectivity index is 2.19. The van der Waals surface area contributed by atoms with Crippen LogP contribution >= 0.6 is 11.3 Å². The van der Waals surface area contributed by atoms with Gasteiger partial charge in [-0.1, -0.05) is 31.3 Å². The summed E-state index contributed by atoms with van der Waals surface area (Å²) in [7, 11) is -3.60. The van der Waals surface area contributed by atoms with Crippen LogP contribution in [0.15, 0.2) is 28.1 Å². The largest absolute Gasteiger partial charge is 0.504 e. The van der Waals surface area contributed by atoms with Crippen molar-refractivity contribution in [2.45, 2.75) is 18.2 Å². The fourth-order valence-electron chi connectivity index (χ4n) is 2.01. The highest BCUT2D eigenvalue weighted by molar-refractivity contribution is 7.93. The topological polar surface area (TPSA) is 153 Å². The Hall–Kier alpha value is -2.97. The molecule has 0 saturated carbocycles. The molecular weight excluding hydrogens is 392 g/mol. The third kappa shape index (κ3) is 5.25. The number of amides is 1. The van der Waals surface area contributed by atoms with E-state index in [1.807, 2.05) is 0 Å². The molecule has 0 bridgehead atoms. The third-order valence-electron chi connectivity index (χ3n) is 3.12. The molecule has 0 saturated heterocycles. The molecule has 0 aliphatic rings. The van der Waals surface area contributed by atoms with Crippen LogP contribution in [-0.4, -0.2) is 40.5 Å². The van der Waals surface area contributed by atoms with E-state index in [1.165, 1.54) is 24.3 Å². The molecule has 142 valence electrons. The van der Waals surface area contributed by atoms with Crippen molar-refractivity contribution in [3.8, 4) is 17.6 Å². The number of carbonyl (C=O) groups is 1. The zero-order valence-electron chi connectivity index (χ0n) is 14.4. The van der Waals surface area contributed by atoms with Crippen LogP contribution in [0.1, 0.15) is 19.4 Å². The highest BCUT2D eigenvalue weighted by Crippen LogP contribution is 2.26. The van der Waals surface area contributed by atoms with E-state index in [9.17, 15) is 28.7 Å². The van der Waals surface area contributed by atoms with E-state index in [0.29, 0.717) is 16.9 Å². The van der Waals surface area contributed by atoms with Crippen LogP contribution in [0.2, 0.25) is 0 Å². The summed E-state index contributed by atoms with van der Waals surface area (Å²) in [5, 5.41) is 37.4. The molecule has 1 aromatic carbocycles. The normalized spacial score (nSPS) is 12.0. The number of hydrogen-bond acceptors (Lipinski definition) is 9. The molecule has 2 aromatic rings. The standard InChI is InChI=1S/C16H16N4O5S2/c1-9(2)8-27(24,25)16-20-19-15(26-16)18-14(23)11(7-17)5-10-3-4-12(21)13(22)6-10/h3-6,9,21-22H,8H2,1-2H3,(H,18,19,23). The van der Waals surface area contributed by atoms with Crippen molar-refractivity contribution >= 4 is 38.3 Å². The first-order chi connectivity index (χ1) is 12.6. The first-order valence-electron chi connectivity index (χ1n) is 7.63. The zero-order valence-corrected chi connectivity index (χ0v) is 16.0. The minimum absolute atomic E-state index is 0.0583. The molecule has 1 amide bonds. The van der Waals surface area contributed by atoms with E-state index in [1.54, 1.807) is 19.9 Å². The number of aromatic nitrogens is 2. The van der Waals surface area contributed by atoms with Gasteiger partial charge in [0.25, 0.3) is 5.91 Å². The van der Waals surface area contributed by atoms with Crippen LogP contribution in [0.3, 0.4) is 0 Å². The molecule has 0 spiro atoms. The highest BCUT2D eigenvalue weighted by atomic mass is 32.2. The summed E-state index contributed by atoms with van der Waals surface area (Å²) in [6.07, 6.45) is 1.20. The molecule has 0 unspecified atom stereocenters. The first kappa shape index (κ1) is 20.3. The lowest BCUT2D eigenvalue weighted by Crippen LogP contribution is -2.13. The van der Waals surface area contributed by atoms with Gasteiger partial charge in [-0.05, 0) is 29.7 Å². The first-order valence-corrected chi connectivity index (χ1v) is 10.1. The molecule has 0 radical (unpaired) electrons. The average molecular weight is 408 g/mol. The number of phenols is 2. The Labute approximate surface area is 159 Å². The van der Waals surface area contributed by atoms with E-state index in [2.05, 4.69) is 15.5 Å². The van der Waals surface area contributed by atoms with Crippen LogP contribution in [0.5, 0.6) is 11.5 Å². The number of phenolic OH excluding ortho intramolecular Hbond substituents is 2. The SMILES string of the molecule is CC(C)CS(=O)(=O)c1nnc(NC(=O)C(C#N)=Cc2ccc(O)c(O)c2)s1. The quantitative estimate of drug-likeness (QED) is 0.283. The number of nitrogens with zero attached hydrogens (tertiary/aromatic N) is 3. The van der Waals surface area contributed by atoms with Gasteiger partial charge in [0.15, 0.2) is 11.5 Å². The van der Waals surface area contributed by atoms with E-state index in [-0.39, 0.29) is 32.5 Å². The zero-order chi connectivity index (χ0) is 20.2. The number of carbonyl (C=O) groups excluding carboxylic acids is 1. The average Bonchev–Trinajstić information content (AvgIpc) is 3.04. The minimum Gasteiger partial charge on any atom is -0.504 e. The molecule has 2 rings (SSSR count). The molecule has 1 aromatic heterocycles. The molecule has 0 fully saturated rings. The number of nitriles is 1. The van der Waals surface area contributed by atoms with Crippen molar-refractivity contribution < 1.29 is 23.4 Å². The Morgan fingerprint density at radius 2 is 2.04 bits per heavy atom. The van der Waals surface area contributed by atoms with Crippen LogP contribution < -0.4 is 5.32 Å². The summed E-state index contributed by atoms with van der Waals surface area (Å²) < 4.78 is 24.0. The third-order valence-corrected chi connectivity index (χ3v) is 6.49. The van der Waals surface area contributed by atoms with E-state index >= 15 is 0 Å². The fourth-order valence-corrected chi connectivity index (χ4v) is 4.61. The number of hydrogen-bond donors (Lipinski definition) is 3. The lowest BCUT2D eigenvalue weighted by molar-refractivity contribution is -0.112. The van der Waals surface area contributed by atoms with Crippen molar-refractivity contribution in [3.05, 3.63) is 29.3 Å². The van der Waals surface area contributed by atoms with Crippen molar-refractivity contribution in [1.29, 1.82) is 5.26 Å². The van der Waals surface area contributed by atoms with Gasteiger partial charge < -0.3 is 10.2 Å². The van der Waals surface area contributed by atoms with Gasteiger partial charge in [-0.15, -0.1) is 10.2 Å². The fraction of sp³-hybridized carbons (Fsp3) is 0.250. The number of benzene rings is 1. The van der Waals surface area contributed by atoms with Gasteiger partial charge in [-0.25, -0.2) is 8.42 Å². The molecule has 0 aliphatic carbocycles. The summed E-state index contributed by atoms with van der Waals surface area (Å²) in [4.78, 5) is 12.2. The van der Waals surface area contributed by atoms with Crippen molar-refractivity contribution in [2.75, 3.05) is 11.1 Å². The summed E-state index contributed by atoms with van der Waals surface area (Å²) in [5.41, 5.74) is 0.0105. The molecule has 11 heteroatoms. The van der Waals surface area contributed by atoms with Gasteiger partial charge in [0, 0.05) is 0 Å². The lowest BCUT2D eigenvalue weighted by atomic mass is 10.1. The van der Waals surface area contributed by atoms with Gasteiger partial charge >= 0.3 is 0 Å². The maximum Gasteiger partial charge on any atom is 0.268 e. The minimum atomic E-state index is -3.60. The number of rotatable bonds is 6. The second kappa shape index (κ2) is 8.15. The van der Waals surface area contributed by atoms with Gasteiger partial charge in [-0.3, -0.25) is 10.1 Å². The lowest BCUT2D eigenvalue weighted by Gasteiger charge is -2.02. The van der Waals surface area contributed by atoms with Gasteiger partial charge in [0.05, 0.1) is 5.75 Å². The Bertz CT molecular complexity index is 1040. The predicted molar refractivity (Wildman–Crippen MR) is 98.8 cm³/mol. The van der Waals surface area contributed by atoms with Crippen LogP contribution in [0, 0.1) is 17.2 Å². The molecule has 0 aliphatic heterocycles. The summed E-state index contributed by atoms with van der Waals surface area (Å²) in [6, 6.07) is 5.51. The maximum absolute atomic E-state index is 12.2. The van der Waals surface area contributed by atoms with E-state index < -0.39 is 21.5 Å². The molecular formula is C16H16N4O5S2. The summed E-state index contributed by atoms with van der Waals surface area (Å²) in [6.45, 7) is 3.51. The molecule has 3 N–H and O–H groups in total. The Kier molecular flexibility index (Phi) is 6.14. The summed E-state index contributed by atoms with van der Waals surface area (Å²) >= 11 is 0.697. The second-order valence-corrected chi connectivity index (χ2v) is 9.11. The van der Waals surface area contributed by atoms with Crippen molar-refractivity contribution in [2.24, 2.45) is 5.92 Å². The highest BCUT2D eigenvalue weighted by Gasteiger charge is 2.22. The number of nitrogens with one attached hydrogen (secondary N) is 1. The van der Waals surface area contributed by atoms with Crippen molar-refractivity contribution in [1.82, 2.24) is 10.2 Å². The Morgan fingerprint density at radius 1 is 1.33 bits per heavy atom. The molecule has 27 heavy (non-hydrogen) atoms. The molecule has 0 atom stereocenters. The van der Waals surface area contributed by atoms with Crippen LogP contribution in [0.4, 0.5) is 5.13 Å².